The van der Waals surface area contributed by atoms with Gasteiger partial charge in [-0.1, -0.05) is 37.3 Å². The van der Waals surface area contributed by atoms with E-state index in [2.05, 4.69) is 41.2 Å². The Hall–Kier alpha value is -3.14. The van der Waals surface area contributed by atoms with Crippen molar-refractivity contribution in [3.8, 4) is 5.75 Å². The molecule has 0 saturated carbocycles. The van der Waals surface area contributed by atoms with Gasteiger partial charge >= 0.3 is 0 Å². The molecule has 1 atom stereocenters. The number of para-hydroxylation sites is 1. The number of nitrogen functional groups attached to an aromatic ring is 1. The topological polar surface area (TPSA) is 61.0 Å². The third-order valence-corrected chi connectivity index (χ3v) is 4.86. The number of rotatable bonds is 4. The predicted octanol–water partition coefficient (Wildman–Crippen LogP) is 4.72. The van der Waals surface area contributed by atoms with Gasteiger partial charge < -0.3 is 10.5 Å². The molecule has 4 aromatic rings. The van der Waals surface area contributed by atoms with Gasteiger partial charge in [-0.3, -0.25) is 4.98 Å². The molecule has 0 aliphatic heterocycles. The molecule has 4 rings (SSSR count). The third kappa shape index (κ3) is 2.94. The minimum atomic E-state index is 0.341. The molecule has 1 unspecified atom stereocenters. The van der Waals surface area contributed by atoms with Crippen LogP contribution in [0.1, 0.15) is 24.0 Å². The molecule has 4 nitrogen and oxygen atoms in total. The molecule has 0 aliphatic carbocycles. The molecule has 0 aliphatic rings. The van der Waals surface area contributed by atoms with Gasteiger partial charge in [0, 0.05) is 17.0 Å². The van der Waals surface area contributed by atoms with Crippen LogP contribution >= 0.6 is 0 Å². The van der Waals surface area contributed by atoms with Crippen LogP contribution in [0.15, 0.2) is 60.8 Å². The SMILES string of the molecule is COc1ccc(CC(C)c2cnc3c(N)nc4ccccc4c3c2)cc1. The van der Waals surface area contributed by atoms with Gasteiger partial charge in [-0.25, -0.2) is 4.98 Å². The Kier molecular flexibility index (Phi) is 4.17. The molecule has 130 valence electrons. The predicted molar refractivity (Wildman–Crippen MR) is 107 cm³/mol. The zero-order valence-corrected chi connectivity index (χ0v) is 14.9. The van der Waals surface area contributed by atoms with Crippen molar-refractivity contribution in [1.29, 1.82) is 0 Å². The fraction of sp³-hybridized carbons (Fsp3) is 0.182. The number of aromatic nitrogens is 2. The summed E-state index contributed by atoms with van der Waals surface area (Å²) in [6.45, 7) is 2.22. The Morgan fingerprint density at radius 3 is 2.58 bits per heavy atom. The maximum atomic E-state index is 6.11. The number of nitrogens with zero attached hydrogens (tertiary/aromatic N) is 2. The highest BCUT2D eigenvalue weighted by Crippen LogP contribution is 2.30. The second-order valence-electron chi connectivity index (χ2n) is 6.63. The fourth-order valence-corrected chi connectivity index (χ4v) is 3.37. The molecule has 2 heterocycles. The van der Waals surface area contributed by atoms with Crippen LogP contribution in [0.4, 0.5) is 5.82 Å². The summed E-state index contributed by atoms with van der Waals surface area (Å²) in [4.78, 5) is 9.08. The minimum absolute atomic E-state index is 0.341. The molecule has 0 saturated heterocycles. The van der Waals surface area contributed by atoms with Crippen LogP contribution in [-0.4, -0.2) is 17.1 Å². The summed E-state index contributed by atoms with van der Waals surface area (Å²) in [6.07, 6.45) is 2.86. The molecule has 26 heavy (non-hydrogen) atoms. The fourth-order valence-electron chi connectivity index (χ4n) is 3.37. The molecule has 2 aromatic carbocycles. The lowest BCUT2D eigenvalue weighted by Gasteiger charge is -2.14. The Labute approximate surface area is 152 Å². The van der Waals surface area contributed by atoms with Gasteiger partial charge in [-0.2, -0.15) is 0 Å². The summed E-state index contributed by atoms with van der Waals surface area (Å²) in [5, 5.41) is 2.15. The number of fused-ring (bicyclic) bond motifs is 3. The van der Waals surface area contributed by atoms with Gasteiger partial charge in [0.05, 0.1) is 12.6 Å². The third-order valence-electron chi connectivity index (χ3n) is 4.86. The molecule has 0 bridgehead atoms. The first-order chi connectivity index (χ1) is 12.7. The summed E-state index contributed by atoms with van der Waals surface area (Å²) in [6, 6.07) is 18.5. The minimum Gasteiger partial charge on any atom is -0.497 e. The first kappa shape index (κ1) is 16.3. The number of methoxy groups -OCH3 is 1. The van der Waals surface area contributed by atoms with E-state index in [1.165, 1.54) is 11.1 Å². The lowest BCUT2D eigenvalue weighted by molar-refractivity contribution is 0.414. The number of nitrogens with two attached hydrogens (primary N) is 1. The van der Waals surface area contributed by atoms with Gasteiger partial charge in [0.1, 0.15) is 11.3 Å². The van der Waals surface area contributed by atoms with Crippen LogP contribution < -0.4 is 10.5 Å². The number of hydrogen-bond acceptors (Lipinski definition) is 4. The van der Waals surface area contributed by atoms with Crippen LogP contribution in [0.3, 0.4) is 0 Å². The van der Waals surface area contributed by atoms with Crippen molar-refractivity contribution in [2.75, 3.05) is 12.8 Å². The first-order valence-electron chi connectivity index (χ1n) is 8.72. The summed E-state index contributed by atoms with van der Waals surface area (Å²) in [5.41, 5.74) is 10.3. The summed E-state index contributed by atoms with van der Waals surface area (Å²) in [7, 11) is 1.68. The summed E-state index contributed by atoms with van der Waals surface area (Å²) < 4.78 is 5.23. The van der Waals surface area contributed by atoms with Crippen molar-refractivity contribution in [3.05, 3.63) is 71.9 Å². The monoisotopic (exact) mass is 343 g/mol. The number of pyridine rings is 2. The summed E-state index contributed by atoms with van der Waals surface area (Å²) >= 11 is 0. The molecule has 2 aromatic heterocycles. The van der Waals surface area contributed by atoms with Crippen molar-refractivity contribution < 1.29 is 4.74 Å². The van der Waals surface area contributed by atoms with Gasteiger partial charge in [-0.15, -0.1) is 0 Å². The van der Waals surface area contributed by atoms with Crippen LogP contribution in [0.25, 0.3) is 21.8 Å². The first-order valence-corrected chi connectivity index (χ1v) is 8.72. The van der Waals surface area contributed by atoms with E-state index >= 15 is 0 Å². The largest absolute Gasteiger partial charge is 0.497 e. The van der Waals surface area contributed by atoms with E-state index in [4.69, 9.17) is 10.5 Å². The quantitative estimate of drug-likeness (QED) is 0.545. The molecule has 0 fully saturated rings. The van der Waals surface area contributed by atoms with Crippen molar-refractivity contribution in [1.82, 2.24) is 9.97 Å². The number of ether oxygens (including phenoxy) is 1. The van der Waals surface area contributed by atoms with E-state index < -0.39 is 0 Å². The van der Waals surface area contributed by atoms with E-state index in [1.54, 1.807) is 7.11 Å². The Morgan fingerprint density at radius 1 is 1.04 bits per heavy atom. The lowest BCUT2D eigenvalue weighted by Crippen LogP contribution is -2.01. The smallest absolute Gasteiger partial charge is 0.150 e. The normalized spacial score (nSPS) is 12.4. The molecule has 0 amide bonds. The standard InChI is InChI=1S/C22H21N3O/c1-14(11-15-7-9-17(26-2)10-8-15)16-12-19-18-5-3-4-6-20(18)25-22(23)21(19)24-13-16/h3-10,12-14H,11H2,1-2H3,(H2,23,25). The van der Waals surface area contributed by atoms with Gasteiger partial charge in [0.15, 0.2) is 5.82 Å². The zero-order chi connectivity index (χ0) is 18.1. The van der Waals surface area contributed by atoms with Crippen LogP contribution in [0.2, 0.25) is 0 Å². The lowest BCUT2D eigenvalue weighted by atomic mass is 9.93. The highest BCUT2D eigenvalue weighted by Gasteiger charge is 2.12. The Bertz CT molecular complexity index is 1070. The Morgan fingerprint density at radius 2 is 1.81 bits per heavy atom. The molecule has 4 heteroatoms. The second-order valence-corrected chi connectivity index (χ2v) is 6.63. The van der Waals surface area contributed by atoms with E-state index in [-0.39, 0.29) is 0 Å². The molecular formula is C22H21N3O. The average Bonchev–Trinajstić information content (AvgIpc) is 2.68. The maximum Gasteiger partial charge on any atom is 0.150 e. The zero-order valence-electron chi connectivity index (χ0n) is 14.9. The summed E-state index contributed by atoms with van der Waals surface area (Å²) in [5.74, 6) is 1.70. The van der Waals surface area contributed by atoms with Crippen molar-refractivity contribution in [2.45, 2.75) is 19.3 Å². The van der Waals surface area contributed by atoms with Gasteiger partial charge in [0.2, 0.25) is 0 Å². The van der Waals surface area contributed by atoms with Gasteiger partial charge in [-0.05, 0) is 47.7 Å². The van der Waals surface area contributed by atoms with Gasteiger partial charge in [0.25, 0.3) is 0 Å². The van der Waals surface area contributed by atoms with Crippen LogP contribution in [0, 0.1) is 0 Å². The van der Waals surface area contributed by atoms with Crippen molar-refractivity contribution in [2.24, 2.45) is 0 Å². The second kappa shape index (κ2) is 6.64. The van der Waals surface area contributed by atoms with E-state index in [0.717, 1.165) is 34.0 Å². The highest BCUT2D eigenvalue weighted by molar-refractivity contribution is 6.08. The van der Waals surface area contributed by atoms with Crippen LogP contribution in [-0.2, 0) is 6.42 Å². The maximum absolute atomic E-state index is 6.11. The van der Waals surface area contributed by atoms with E-state index in [9.17, 15) is 0 Å². The average molecular weight is 343 g/mol. The van der Waals surface area contributed by atoms with Crippen LogP contribution in [0.5, 0.6) is 5.75 Å². The molecule has 2 N–H and O–H groups in total. The number of anilines is 1. The van der Waals surface area contributed by atoms with E-state index in [1.807, 2.05) is 36.5 Å². The van der Waals surface area contributed by atoms with Crippen molar-refractivity contribution >= 4 is 27.6 Å². The van der Waals surface area contributed by atoms with E-state index in [0.29, 0.717) is 11.7 Å². The molecule has 0 spiro atoms. The number of hydrogen-bond donors (Lipinski definition) is 1. The molecule has 0 radical (unpaired) electrons. The highest BCUT2D eigenvalue weighted by atomic mass is 16.5. The Balaban J connectivity index is 1.72. The molecular weight excluding hydrogens is 322 g/mol. The van der Waals surface area contributed by atoms with Crippen molar-refractivity contribution in [3.63, 3.8) is 0 Å². The number of benzene rings is 2.